The first-order chi connectivity index (χ1) is 12.2. The molecule has 2 heterocycles. The van der Waals surface area contributed by atoms with Crippen LogP contribution in [-0.2, 0) is 0 Å². The fourth-order valence-corrected chi connectivity index (χ4v) is 2.73. The molecule has 4 rings (SSSR count). The second kappa shape index (κ2) is 6.32. The molecule has 1 atom stereocenters. The molecule has 0 fully saturated rings. The van der Waals surface area contributed by atoms with Gasteiger partial charge in [0.1, 0.15) is 18.0 Å². The van der Waals surface area contributed by atoms with Crippen LogP contribution < -0.4 is 5.32 Å². The Balaban J connectivity index is 1.73. The Morgan fingerprint density at radius 2 is 1.80 bits per heavy atom. The molecule has 25 heavy (non-hydrogen) atoms. The van der Waals surface area contributed by atoms with Crippen molar-refractivity contribution in [1.82, 2.24) is 19.6 Å². The van der Waals surface area contributed by atoms with Crippen LogP contribution in [0.2, 0.25) is 0 Å². The molecular formula is C19H16FN5. The number of halogens is 1. The summed E-state index contributed by atoms with van der Waals surface area (Å²) in [7, 11) is 0. The van der Waals surface area contributed by atoms with Gasteiger partial charge in [-0.05, 0) is 24.6 Å². The molecule has 2 aromatic heterocycles. The second-order valence-electron chi connectivity index (χ2n) is 5.78. The molecule has 124 valence electrons. The number of rotatable bonds is 4. The van der Waals surface area contributed by atoms with Crippen molar-refractivity contribution in [3.8, 4) is 11.3 Å². The van der Waals surface area contributed by atoms with Gasteiger partial charge in [0.25, 0.3) is 5.78 Å². The van der Waals surface area contributed by atoms with E-state index in [2.05, 4.69) is 20.4 Å². The molecule has 0 amide bonds. The molecule has 0 aliphatic rings. The zero-order valence-electron chi connectivity index (χ0n) is 13.6. The summed E-state index contributed by atoms with van der Waals surface area (Å²) in [6, 6.07) is 18.3. The lowest BCUT2D eigenvalue weighted by molar-refractivity contribution is 0.626. The predicted octanol–water partition coefficient (Wildman–Crippen LogP) is 4.10. The van der Waals surface area contributed by atoms with Crippen molar-refractivity contribution in [2.24, 2.45) is 0 Å². The minimum Gasteiger partial charge on any atom is -0.363 e. The lowest BCUT2D eigenvalue weighted by atomic mass is 10.1. The SMILES string of the molecule is C[C@@H](Nc1cc(-c2ccccc2)nc2ncnn12)c1ccc(F)cc1. The minimum atomic E-state index is -0.245. The van der Waals surface area contributed by atoms with E-state index in [1.54, 1.807) is 16.6 Å². The standard InChI is InChI=1S/C19H16FN5/c1-13(14-7-9-16(20)10-8-14)23-18-11-17(15-5-3-2-4-6-15)24-19-21-12-22-25(18)19/h2-13,23H,1H3/t13-/m1/s1. The van der Waals surface area contributed by atoms with Crippen LogP contribution in [0.4, 0.5) is 10.2 Å². The Labute approximate surface area is 144 Å². The van der Waals surface area contributed by atoms with Crippen LogP contribution >= 0.6 is 0 Å². The Hall–Kier alpha value is -3.28. The van der Waals surface area contributed by atoms with Crippen LogP contribution in [0.15, 0.2) is 67.0 Å². The molecule has 2 aromatic carbocycles. The van der Waals surface area contributed by atoms with Gasteiger partial charge in [0.05, 0.1) is 5.69 Å². The van der Waals surface area contributed by atoms with Crippen LogP contribution in [0.5, 0.6) is 0 Å². The molecule has 0 aliphatic carbocycles. The summed E-state index contributed by atoms with van der Waals surface area (Å²) in [5.74, 6) is 1.05. The third kappa shape index (κ3) is 3.06. The smallest absolute Gasteiger partial charge is 0.254 e. The summed E-state index contributed by atoms with van der Waals surface area (Å²) in [5, 5.41) is 7.65. The summed E-state index contributed by atoms with van der Waals surface area (Å²) in [6.45, 7) is 2.01. The van der Waals surface area contributed by atoms with E-state index >= 15 is 0 Å². The van der Waals surface area contributed by atoms with Crippen LogP contribution in [0.3, 0.4) is 0 Å². The Bertz CT molecular complexity index is 995. The van der Waals surface area contributed by atoms with E-state index in [1.807, 2.05) is 43.3 Å². The number of anilines is 1. The maximum atomic E-state index is 13.1. The lowest BCUT2D eigenvalue weighted by Gasteiger charge is -2.17. The molecule has 4 aromatic rings. The highest BCUT2D eigenvalue weighted by molar-refractivity contribution is 5.65. The maximum absolute atomic E-state index is 13.1. The molecule has 0 radical (unpaired) electrons. The monoisotopic (exact) mass is 333 g/mol. The highest BCUT2D eigenvalue weighted by Gasteiger charge is 2.12. The number of hydrogen-bond donors (Lipinski definition) is 1. The first kappa shape index (κ1) is 15.3. The first-order valence-corrected chi connectivity index (χ1v) is 7.99. The van der Waals surface area contributed by atoms with E-state index < -0.39 is 0 Å². The van der Waals surface area contributed by atoms with Gasteiger partial charge < -0.3 is 5.32 Å². The normalized spacial score (nSPS) is 12.2. The lowest BCUT2D eigenvalue weighted by Crippen LogP contribution is -2.11. The third-order valence-electron chi connectivity index (χ3n) is 4.06. The quantitative estimate of drug-likeness (QED) is 0.611. The summed E-state index contributed by atoms with van der Waals surface area (Å²) in [6.07, 6.45) is 1.48. The van der Waals surface area contributed by atoms with Gasteiger partial charge in [-0.15, -0.1) is 0 Å². The summed E-state index contributed by atoms with van der Waals surface area (Å²) >= 11 is 0. The number of nitrogens with one attached hydrogen (secondary N) is 1. The third-order valence-corrected chi connectivity index (χ3v) is 4.06. The van der Waals surface area contributed by atoms with Crippen molar-refractivity contribution in [3.63, 3.8) is 0 Å². The van der Waals surface area contributed by atoms with Gasteiger partial charge in [0.15, 0.2) is 0 Å². The Kier molecular flexibility index (Phi) is 3.85. The molecule has 0 spiro atoms. The number of fused-ring (bicyclic) bond motifs is 1. The largest absolute Gasteiger partial charge is 0.363 e. The topological polar surface area (TPSA) is 55.1 Å². The minimum absolute atomic E-state index is 0.0287. The molecule has 0 aliphatic heterocycles. The molecule has 1 N–H and O–H groups in total. The van der Waals surface area contributed by atoms with E-state index in [1.165, 1.54) is 18.5 Å². The van der Waals surface area contributed by atoms with E-state index in [0.717, 1.165) is 22.6 Å². The molecule has 0 bridgehead atoms. The van der Waals surface area contributed by atoms with E-state index in [9.17, 15) is 4.39 Å². The zero-order chi connectivity index (χ0) is 17.2. The van der Waals surface area contributed by atoms with Gasteiger partial charge in [0.2, 0.25) is 0 Å². The summed E-state index contributed by atoms with van der Waals surface area (Å²) in [5.41, 5.74) is 2.80. The molecule has 0 saturated carbocycles. The van der Waals surface area contributed by atoms with E-state index in [-0.39, 0.29) is 11.9 Å². The highest BCUT2D eigenvalue weighted by atomic mass is 19.1. The van der Waals surface area contributed by atoms with Crippen LogP contribution in [0, 0.1) is 5.82 Å². The van der Waals surface area contributed by atoms with Gasteiger partial charge in [-0.1, -0.05) is 42.5 Å². The summed E-state index contributed by atoms with van der Waals surface area (Å²) in [4.78, 5) is 8.77. The van der Waals surface area contributed by atoms with Gasteiger partial charge in [-0.25, -0.2) is 9.37 Å². The molecule has 6 heteroatoms. The second-order valence-corrected chi connectivity index (χ2v) is 5.78. The molecule has 5 nitrogen and oxygen atoms in total. The number of aromatic nitrogens is 4. The Morgan fingerprint density at radius 3 is 2.56 bits per heavy atom. The van der Waals surface area contributed by atoms with Gasteiger partial charge in [-0.2, -0.15) is 14.6 Å². The van der Waals surface area contributed by atoms with Crippen molar-refractivity contribution in [1.29, 1.82) is 0 Å². The average Bonchev–Trinajstić information content (AvgIpc) is 3.12. The number of hydrogen-bond acceptors (Lipinski definition) is 4. The van der Waals surface area contributed by atoms with Crippen LogP contribution in [0.1, 0.15) is 18.5 Å². The van der Waals surface area contributed by atoms with E-state index in [0.29, 0.717) is 5.78 Å². The molecule has 0 saturated heterocycles. The van der Waals surface area contributed by atoms with E-state index in [4.69, 9.17) is 0 Å². The Morgan fingerprint density at radius 1 is 1.04 bits per heavy atom. The zero-order valence-corrected chi connectivity index (χ0v) is 13.6. The molecule has 0 unspecified atom stereocenters. The van der Waals surface area contributed by atoms with Gasteiger partial charge in [-0.3, -0.25) is 0 Å². The highest BCUT2D eigenvalue weighted by Crippen LogP contribution is 2.24. The van der Waals surface area contributed by atoms with Crippen molar-refractivity contribution < 1.29 is 4.39 Å². The van der Waals surface area contributed by atoms with Crippen molar-refractivity contribution >= 4 is 11.6 Å². The van der Waals surface area contributed by atoms with Crippen molar-refractivity contribution in [3.05, 3.63) is 78.4 Å². The number of nitrogens with zero attached hydrogens (tertiary/aromatic N) is 4. The van der Waals surface area contributed by atoms with Gasteiger partial charge in [0, 0.05) is 17.7 Å². The number of benzene rings is 2. The fourth-order valence-electron chi connectivity index (χ4n) is 2.73. The average molecular weight is 333 g/mol. The van der Waals surface area contributed by atoms with Crippen LogP contribution in [0.25, 0.3) is 17.0 Å². The van der Waals surface area contributed by atoms with Crippen molar-refractivity contribution in [2.45, 2.75) is 13.0 Å². The molecular weight excluding hydrogens is 317 g/mol. The fraction of sp³-hybridized carbons (Fsp3) is 0.105. The predicted molar refractivity (Wildman–Crippen MR) is 94.7 cm³/mol. The summed E-state index contributed by atoms with van der Waals surface area (Å²) < 4.78 is 14.8. The van der Waals surface area contributed by atoms with Gasteiger partial charge >= 0.3 is 0 Å². The first-order valence-electron chi connectivity index (χ1n) is 7.99. The van der Waals surface area contributed by atoms with Crippen LogP contribution in [-0.4, -0.2) is 19.6 Å². The van der Waals surface area contributed by atoms with Crippen molar-refractivity contribution in [2.75, 3.05) is 5.32 Å². The maximum Gasteiger partial charge on any atom is 0.254 e.